The third kappa shape index (κ3) is 1.77. The van der Waals surface area contributed by atoms with Crippen LogP contribution in [0.2, 0.25) is 0 Å². The average Bonchev–Trinajstić information content (AvgIpc) is 2.45. The van der Waals surface area contributed by atoms with Gasteiger partial charge in [0.05, 0.1) is 12.7 Å². The van der Waals surface area contributed by atoms with E-state index in [2.05, 4.69) is 0 Å². The predicted molar refractivity (Wildman–Crippen MR) is 43.0 cm³/mol. The van der Waals surface area contributed by atoms with Crippen molar-refractivity contribution < 1.29 is 19.3 Å². The molecule has 4 atom stereocenters. The third-order valence-electron chi connectivity index (χ3n) is 2.27. The SMILES string of the molecule is COC(C)C1OCC(O)C1OC. The maximum Gasteiger partial charge on any atom is 0.114 e. The second kappa shape index (κ2) is 4.18. The van der Waals surface area contributed by atoms with Gasteiger partial charge in [0, 0.05) is 14.2 Å². The van der Waals surface area contributed by atoms with Crippen LogP contribution in [0.5, 0.6) is 0 Å². The van der Waals surface area contributed by atoms with Gasteiger partial charge in [0.25, 0.3) is 0 Å². The van der Waals surface area contributed by atoms with Gasteiger partial charge in [-0.05, 0) is 6.92 Å². The third-order valence-corrected chi connectivity index (χ3v) is 2.27. The van der Waals surface area contributed by atoms with Gasteiger partial charge in [-0.25, -0.2) is 0 Å². The highest BCUT2D eigenvalue weighted by atomic mass is 16.6. The van der Waals surface area contributed by atoms with Gasteiger partial charge >= 0.3 is 0 Å². The number of aliphatic hydroxyl groups excluding tert-OH is 1. The van der Waals surface area contributed by atoms with E-state index in [1.54, 1.807) is 14.2 Å². The molecule has 1 aliphatic heterocycles. The summed E-state index contributed by atoms with van der Waals surface area (Å²) in [7, 11) is 3.18. The fourth-order valence-electron chi connectivity index (χ4n) is 1.45. The van der Waals surface area contributed by atoms with Crippen LogP contribution in [0.3, 0.4) is 0 Å². The van der Waals surface area contributed by atoms with Crippen molar-refractivity contribution >= 4 is 0 Å². The second-order valence-electron chi connectivity index (χ2n) is 3.01. The van der Waals surface area contributed by atoms with E-state index in [4.69, 9.17) is 14.2 Å². The zero-order valence-corrected chi connectivity index (χ0v) is 7.69. The Kier molecular flexibility index (Phi) is 3.46. The van der Waals surface area contributed by atoms with Crippen LogP contribution in [0.25, 0.3) is 0 Å². The Morgan fingerprint density at radius 1 is 1.50 bits per heavy atom. The molecule has 1 heterocycles. The molecule has 0 spiro atoms. The van der Waals surface area contributed by atoms with Crippen molar-refractivity contribution in [3.8, 4) is 0 Å². The molecular formula is C8H16O4. The molecule has 0 aromatic carbocycles. The fourth-order valence-corrected chi connectivity index (χ4v) is 1.45. The van der Waals surface area contributed by atoms with E-state index in [1.807, 2.05) is 6.92 Å². The van der Waals surface area contributed by atoms with Crippen molar-refractivity contribution in [1.82, 2.24) is 0 Å². The minimum atomic E-state index is -0.530. The normalized spacial score (nSPS) is 38.5. The van der Waals surface area contributed by atoms with Crippen LogP contribution in [-0.4, -0.2) is 50.3 Å². The quantitative estimate of drug-likeness (QED) is 0.646. The Labute approximate surface area is 72.4 Å². The van der Waals surface area contributed by atoms with Crippen LogP contribution in [0.4, 0.5) is 0 Å². The lowest BCUT2D eigenvalue weighted by Gasteiger charge is -2.23. The van der Waals surface area contributed by atoms with E-state index in [0.29, 0.717) is 6.61 Å². The molecule has 1 N–H and O–H groups in total. The molecule has 4 nitrogen and oxygen atoms in total. The first-order chi connectivity index (χ1) is 5.70. The fraction of sp³-hybridized carbons (Fsp3) is 1.00. The molecule has 1 aliphatic rings. The molecule has 0 aliphatic carbocycles. The summed E-state index contributed by atoms with van der Waals surface area (Å²) < 4.78 is 15.5. The second-order valence-corrected chi connectivity index (χ2v) is 3.01. The lowest BCUT2D eigenvalue weighted by Crippen LogP contribution is -2.39. The molecule has 72 valence electrons. The highest BCUT2D eigenvalue weighted by Crippen LogP contribution is 2.21. The molecule has 0 aromatic heterocycles. The average molecular weight is 176 g/mol. The monoisotopic (exact) mass is 176 g/mol. The number of rotatable bonds is 3. The van der Waals surface area contributed by atoms with Crippen LogP contribution in [0.1, 0.15) is 6.92 Å². The van der Waals surface area contributed by atoms with E-state index in [0.717, 1.165) is 0 Å². The molecule has 4 heteroatoms. The molecule has 1 fully saturated rings. The van der Waals surface area contributed by atoms with Gasteiger partial charge in [-0.2, -0.15) is 0 Å². The zero-order chi connectivity index (χ0) is 9.14. The minimum Gasteiger partial charge on any atom is -0.388 e. The van der Waals surface area contributed by atoms with Crippen LogP contribution in [-0.2, 0) is 14.2 Å². The van der Waals surface area contributed by atoms with Crippen molar-refractivity contribution in [3.05, 3.63) is 0 Å². The highest BCUT2D eigenvalue weighted by molar-refractivity contribution is 4.87. The van der Waals surface area contributed by atoms with Crippen molar-refractivity contribution in [2.45, 2.75) is 31.3 Å². The van der Waals surface area contributed by atoms with Gasteiger partial charge in [0.2, 0.25) is 0 Å². The molecule has 4 unspecified atom stereocenters. The Hall–Kier alpha value is -0.160. The van der Waals surface area contributed by atoms with Crippen molar-refractivity contribution in [3.63, 3.8) is 0 Å². The minimum absolute atomic E-state index is 0.0490. The number of hydrogen-bond acceptors (Lipinski definition) is 4. The van der Waals surface area contributed by atoms with E-state index in [1.165, 1.54) is 0 Å². The first-order valence-corrected chi connectivity index (χ1v) is 4.06. The summed E-state index contributed by atoms with van der Waals surface area (Å²) in [5.41, 5.74) is 0. The Balaban J connectivity index is 2.53. The molecule has 0 saturated carbocycles. The van der Waals surface area contributed by atoms with Gasteiger partial charge in [-0.15, -0.1) is 0 Å². The molecule has 0 amide bonds. The van der Waals surface area contributed by atoms with Gasteiger partial charge in [0.15, 0.2) is 0 Å². The van der Waals surface area contributed by atoms with Crippen LogP contribution < -0.4 is 0 Å². The van der Waals surface area contributed by atoms with E-state index in [-0.39, 0.29) is 18.3 Å². The lowest BCUT2D eigenvalue weighted by molar-refractivity contribution is -0.0733. The van der Waals surface area contributed by atoms with Gasteiger partial charge in [0.1, 0.15) is 18.3 Å². The first-order valence-electron chi connectivity index (χ1n) is 4.06. The summed E-state index contributed by atoms with van der Waals surface area (Å²) in [6, 6.07) is 0. The lowest BCUT2D eigenvalue weighted by atomic mass is 10.1. The van der Waals surface area contributed by atoms with Crippen molar-refractivity contribution in [1.29, 1.82) is 0 Å². The molecule has 1 rings (SSSR count). The molecule has 0 aromatic rings. The zero-order valence-electron chi connectivity index (χ0n) is 7.69. The molecular weight excluding hydrogens is 160 g/mol. The Bertz CT molecular complexity index is 139. The number of methoxy groups -OCH3 is 2. The summed E-state index contributed by atoms with van der Waals surface area (Å²) in [6.07, 6.45) is -1.00. The topological polar surface area (TPSA) is 47.9 Å². The first kappa shape index (κ1) is 9.92. The molecule has 0 radical (unpaired) electrons. The van der Waals surface area contributed by atoms with Gasteiger partial charge in [-0.3, -0.25) is 0 Å². The van der Waals surface area contributed by atoms with Crippen molar-refractivity contribution in [2.75, 3.05) is 20.8 Å². The highest BCUT2D eigenvalue weighted by Gasteiger charge is 2.39. The summed E-state index contributed by atoms with van der Waals surface area (Å²) in [6.45, 7) is 2.23. The standard InChI is InChI=1S/C8H16O4/c1-5(10-2)7-8(11-3)6(9)4-12-7/h5-9H,4H2,1-3H3. The van der Waals surface area contributed by atoms with Crippen LogP contribution >= 0.6 is 0 Å². The van der Waals surface area contributed by atoms with E-state index < -0.39 is 6.10 Å². The number of ether oxygens (including phenoxy) is 3. The maximum atomic E-state index is 9.40. The van der Waals surface area contributed by atoms with Crippen molar-refractivity contribution in [2.24, 2.45) is 0 Å². The van der Waals surface area contributed by atoms with Crippen LogP contribution in [0.15, 0.2) is 0 Å². The van der Waals surface area contributed by atoms with E-state index in [9.17, 15) is 5.11 Å². The smallest absolute Gasteiger partial charge is 0.114 e. The van der Waals surface area contributed by atoms with E-state index >= 15 is 0 Å². The Morgan fingerprint density at radius 3 is 2.67 bits per heavy atom. The summed E-state index contributed by atoms with van der Waals surface area (Å²) in [4.78, 5) is 0. The predicted octanol–water partition coefficient (Wildman–Crippen LogP) is -0.204. The maximum absolute atomic E-state index is 9.40. The summed E-state index contributed by atoms with van der Waals surface area (Å²) >= 11 is 0. The van der Waals surface area contributed by atoms with Gasteiger partial charge < -0.3 is 19.3 Å². The summed E-state index contributed by atoms with van der Waals surface area (Å²) in [5, 5.41) is 9.40. The molecule has 12 heavy (non-hydrogen) atoms. The Morgan fingerprint density at radius 2 is 2.17 bits per heavy atom. The number of aliphatic hydroxyl groups is 1. The number of hydrogen-bond donors (Lipinski definition) is 1. The molecule has 1 saturated heterocycles. The molecule has 0 bridgehead atoms. The van der Waals surface area contributed by atoms with Gasteiger partial charge in [-0.1, -0.05) is 0 Å². The largest absolute Gasteiger partial charge is 0.388 e. The van der Waals surface area contributed by atoms with Crippen LogP contribution in [0, 0.1) is 0 Å². The summed E-state index contributed by atoms with van der Waals surface area (Å²) in [5.74, 6) is 0.